The van der Waals surface area contributed by atoms with Crippen LogP contribution in [0.1, 0.15) is 5.69 Å². The molecule has 0 aliphatic carbocycles. The Balaban J connectivity index is 2.30. The van der Waals surface area contributed by atoms with Crippen molar-refractivity contribution in [1.29, 1.82) is 0 Å². The Morgan fingerprint density at radius 2 is 2.24 bits per heavy atom. The van der Waals surface area contributed by atoms with Crippen LogP contribution in [-0.2, 0) is 4.74 Å². The maximum Gasteiger partial charge on any atom is 0.188 e. The quantitative estimate of drug-likeness (QED) is 0.814. The summed E-state index contributed by atoms with van der Waals surface area (Å²) in [7, 11) is 1.59. The van der Waals surface area contributed by atoms with E-state index in [9.17, 15) is 0 Å². The maximum absolute atomic E-state index is 5.45. The number of aromatic nitrogens is 2. The zero-order valence-electron chi connectivity index (χ0n) is 9.68. The molecule has 0 aliphatic rings. The highest BCUT2D eigenvalue weighted by Gasteiger charge is 2.04. The lowest BCUT2D eigenvalue weighted by molar-refractivity contribution is 0.0506. The third kappa shape index (κ3) is 2.87. The van der Waals surface area contributed by atoms with Gasteiger partial charge in [-0.2, -0.15) is 0 Å². The molecule has 0 bridgehead atoms. The molecular weight excluding hydrogens is 284 g/mol. The Bertz CT molecular complexity index is 511. The van der Waals surface area contributed by atoms with Gasteiger partial charge in [-0.25, -0.2) is 4.98 Å². The molecular formula is C12H13BrN2O2. The molecule has 0 spiro atoms. The van der Waals surface area contributed by atoms with Crippen LogP contribution < -0.4 is 4.74 Å². The van der Waals surface area contributed by atoms with E-state index in [2.05, 4.69) is 20.9 Å². The second kappa shape index (κ2) is 5.33. The molecule has 0 fully saturated rings. The molecule has 0 amide bonds. The number of benzene rings is 1. The molecule has 90 valence electrons. The van der Waals surface area contributed by atoms with Gasteiger partial charge in [-0.1, -0.05) is 0 Å². The number of rotatable bonds is 4. The first kappa shape index (κ1) is 12.1. The fraction of sp³-hybridized carbons (Fsp3) is 0.250. The Kier molecular flexibility index (Phi) is 3.81. The molecule has 2 aromatic rings. The van der Waals surface area contributed by atoms with Gasteiger partial charge < -0.3 is 14.0 Å². The Morgan fingerprint density at radius 3 is 2.88 bits per heavy atom. The summed E-state index contributed by atoms with van der Waals surface area (Å²) in [6, 6.07) is 5.87. The molecule has 1 aromatic heterocycles. The van der Waals surface area contributed by atoms with Crippen LogP contribution in [-0.4, -0.2) is 23.5 Å². The van der Waals surface area contributed by atoms with Gasteiger partial charge in [0, 0.05) is 19.4 Å². The zero-order chi connectivity index (χ0) is 12.3. The van der Waals surface area contributed by atoms with Gasteiger partial charge in [-0.15, -0.1) is 0 Å². The molecule has 0 saturated carbocycles. The summed E-state index contributed by atoms with van der Waals surface area (Å²) >= 11 is 3.43. The summed E-state index contributed by atoms with van der Waals surface area (Å²) in [5.41, 5.74) is 1.98. The van der Waals surface area contributed by atoms with E-state index in [0.29, 0.717) is 0 Å². The van der Waals surface area contributed by atoms with Crippen LogP contribution in [0.15, 0.2) is 35.2 Å². The van der Waals surface area contributed by atoms with Crippen LogP contribution in [0.4, 0.5) is 0 Å². The normalized spacial score (nSPS) is 10.5. The Morgan fingerprint density at radius 1 is 1.41 bits per heavy atom. The minimum absolute atomic E-state index is 0.227. The van der Waals surface area contributed by atoms with Gasteiger partial charge in [0.15, 0.2) is 6.79 Å². The van der Waals surface area contributed by atoms with E-state index in [1.807, 2.05) is 35.9 Å². The predicted molar refractivity (Wildman–Crippen MR) is 68.5 cm³/mol. The topological polar surface area (TPSA) is 36.3 Å². The van der Waals surface area contributed by atoms with Crippen LogP contribution in [0.3, 0.4) is 0 Å². The van der Waals surface area contributed by atoms with E-state index >= 15 is 0 Å². The number of nitrogens with zero attached hydrogens (tertiary/aromatic N) is 2. The van der Waals surface area contributed by atoms with Crippen molar-refractivity contribution in [2.45, 2.75) is 6.92 Å². The summed E-state index contributed by atoms with van der Waals surface area (Å²) in [6.45, 7) is 2.18. The summed E-state index contributed by atoms with van der Waals surface area (Å²) < 4.78 is 13.2. The second-order valence-electron chi connectivity index (χ2n) is 3.59. The fourth-order valence-corrected chi connectivity index (χ4v) is 1.81. The van der Waals surface area contributed by atoms with Crippen LogP contribution in [0.5, 0.6) is 5.75 Å². The van der Waals surface area contributed by atoms with Crippen molar-refractivity contribution in [1.82, 2.24) is 9.55 Å². The van der Waals surface area contributed by atoms with Crippen LogP contribution >= 0.6 is 15.9 Å². The average molecular weight is 297 g/mol. The van der Waals surface area contributed by atoms with Crippen molar-refractivity contribution in [2.24, 2.45) is 0 Å². The highest BCUT2D eigenvalue weighted by Crippen LogP contribution is 2.27. The molecule has 0 radical (unpaired) electrons. The van der Waals surface area contributed by atoms with Crippen molar-refractivity contribution >= 4 is 15.9 Å². The standard InChI is InChI=1S/C12H13BrN2O2/c1-9-6-15(7-14-9)10-3-4-11(13)12(5-10)17-8-16-2/h3-7H,8H2,1-2H3. The molecule has 0 N–H and O–H groups in total. The summed E-state index contributed by atoms with van der Waals surface area (Å²) in [6.07, 6.45) is 3.74. The predicted octanol–water partition coefficient (Wildman–Crippen LogP) is 2.93. The molecule has 0 saturated heterocycles. The van der Waals surface area contributed by atoms with Gasteiger partial charge in [0.1, 0.15) is 5.75 Å². The first-order chi connectivity index (χ1) is 8.20. The van der Waals surface area contributed by atoms with Crippen molar-refractivity contribution in [2.75, 3.05) is 13.9 Å². The Labute approximate surface area is 108 Å². The third-order valence-electron chi connectivity index (χ3n) is 2.26. The molecule has 0 atom stereocenters. The van der Waals surface area contributed by atoms with Gasteiger partial charge in [0.2, 0.25) is 0 Å². The monoisotopic (exact) mass is 296 g/mol. The lowest BCUT2D eigenvalue weighted by Crippen LogP contribution is -2.00. The summed E-state index contributed by atoms with van der Waals surface area (Å²) in [5.74, 6) is 0.746. The number of hydrogen-bond donors (Lipinski definition) is 0. The average Bonchev–Trinajstić information content (AvgIpc) is 2.75. The molecule has 1 heterocycles. The van der Waals surface area contributed by atoms with Crippen molar-refractivity contribution in [3.8, 4) is 11.4 Å². The summed E-state index contributed by atoms with van der Waals surface area (Å²) in [4.78, 5) is 4.19. The smallest absolute Gasteiger partial charge is 0.188 e. The van der Waals surface area contributed by atoms with E-state index in [0.717, 1.165) is 21.6 Å². The molecule has 0 aliphatic heterocycles. The van der Waals surface area contributed by atoms with Gasteiger partial charge in [-0.05, 0) is 35.0 Å². The van der Waals surface area contributed by atoms with E-state index < -0.39 is 0 Å². The molecule has 5 heteroatoms. The van der Waals surface area contributed by atoms with Crippen molar-refractivity contribution < 1.29 is 9.47 Å². The fourth-order valence-electron chi connectivity index (χ4n) is 1.45. The highest BCUT2D eigenvalue weighted by molar-refractivity contribution is 9.10. The van der Waals surface area contributed by atoms with Gasteiger partial charge in [-0.3, -0.25) is 0 Å². The van der Waals surface area contributed by atoms with Crippen LogP contribution in [0.2, 0.25) is 0 Å². The summed E-state index contributed by atoms with van der Waals surface area (Å²) in [5, 5.41) is 0. The van der Waals surface area contributed by atoms with Gasteiger partial charge >= 0.3 is 0 Å². The van der Waals surface area contributed by atoms with E-state index in [-0.39, 0.29) is 6.79 Å². The Hall–Kier alpha value is -1.33. The lowest BCUT2D eigenvalue weighted by atomic mass is 10.3. The third-order valence-corrected chi connectivity index (χ3v) is 2.91. The van der Waals surface area contributed by atoms with E-state index in [4.69, 9.17) is 9.47 Å². The number of hydrogen-bond acceptors (Lipinski definition) is 3. The SMILES string of the molecule is COCOc1cc(-n2cnc(C)c2)ccc1Br. The molecule has 17 heavy (non-hydrogen) atoms. The van der Waals surface area contributed by atoms with Crippen molar-refractivity contribution in [3.05, 3.63) is 40.9 Å². The van der Waals surface area contributed by atoms with Crippen LogP contribution in [0, 0.1) is 6.92 Å². The lowest BCUT2D eigenvalue weighted by Gasteiger charge is -2.09. The van der Waals surface area contributed by atoms with E-state index in [1.165, 1.54) is 0 Å². The van der Waals surface area contributed by atoms with Crippen molar-refractivity contribution in [3.63, 3.8) is 0 Å². The number of ether oxygens (including phenoxy) is 2. The largest absolute Gasteiger partial charge is 0.466 e. The number of halogens is 1. The number of aryl methyl sites for hydroxylation is 1. The zero-order valence-corrected chi connectivity index (χ0v) is 11.3. The number of imidazole rings is 1. The highest BCUT2D eigenvalue weighted by atomic mass is 79.9. The first-order valence-corrected chi connectivity index (χ1v) is 5.92. The molecule has 2 rings (SSSR count). The maximum atomic E-state index is 5.45. The molecule has 4 nitrogen and oxygen atoms in total. The number of methoxy groups -OCH3 is 1. The van der Waals surface area contributed by atoms with Gasteiger partial charge in [0.05, 0.1) is 22.2 Å². The van der Waals surface area contributed by atoms with E-state index in [1.54, 1.807) is 13.4 Å². The minimum atomic E-state index is 0.227. The molecule has 1 aromatic carbocycles. The second-order valence-corrected chi connectivity index (χ2v) is 4.44. The minimum Gasteiger partial charge on any atom is -0.466 e. The molecule has 0 unspecified atom stereocenters. The van der Waals surface area contributed by atoms with Crippen LogP contribution in [0.25, 0.3) is 5.69 Å². The van der Waals surface area contributed by atoms with Gasteiger partial charge in [0.25, 0.3) is 0 Å². The first-order valence-electron chi connectivity index (χ1n) is 5.13.